The van der Waals surface area contributed by atoms with Gasteiger partial charge in [0, 0.05) is 49.7 Å². The van der Waals surface area contributed by atoms with E-state index < -0.39 is 0 Å². The van der Waals surface area contributed by atoms with Crippen molar-refractivity contribution < 1.29 is 9.59 Å². The van der Waals surface area contributed by atoms with Crippen LogP contribution in [0.1, 0.15) is 42.5 Å². The van der Waals surface area contributed by atoms with Crippen molar-refractivity contribution in [2.45, 2.75) is 50.2 Å². The molecule has 2 amide bonds. The lowest BCUT2D eigenvalue weighted by Gasteiger charge is -2.50. The van der Waals surface area contributed by atoms with E-state index in [0.717, 1.165) is 50.9 Å². The number of hydrogen-bond acceptors (Lipinski definition) is 3. The molecule has 3 aliphatic rings. The molecule has 3 atom stereocenters. The Labute approximate surface area is 143 Å². The normalized spacial score (nSPS) is 30.3. The van der Waals surface area contributed by atoms with E-state index in [0.29, 0.717) is 6.42 Å². The second kappa shape index (κ2) is 6.55. The molecule has 4 rings (SSSR count). The molecule has 0 bridgehead atoms. The highest BCUT2D eigenvalue weighted by Crippen LogP contribution is 2.32. The topological polar surface area (TPSA) is 52.7 Å². The van der Waals surface area contributed by atoms with Gasteiger partial charge in [0.15, 0.2) is 0 Å². The molecule has 0 spiro atoms. The Balaban J connectivity index is 1.56. The first-order valence-corrected chi connectivity index (χ1v) is 9.14. The number of piperazine rings is 1. The van der Waals surface area contributed by atoms with E-state index in [2.05, 4.69) is 10.2 Å². The minimum absolute atomic E-state index is 0.125. The third-order valence-corrected chi connectivity index (χ3v) is 5.75. The molecule has 0 radical (unpaired) electrons. The summed E-state index contributed by atoms with van der Waals surface area (Å²) in [6.45, 7) is 2.43. The lowest BCUT2D eigenvalue weighted by Crippen LogP contribution is -2.67. The number of benzene rings is 1. The van der Waals surface area contributed by atoms with Crippen LogP contribution in [0.15, 0.2) is 30.3 Å². The number of nitrogens with zero attached hydrogens (tertiary/aromatic N) is 2. The lowest BCUT2D eigenvalue weighted by atomic mass is 9.82. The van der Waals surface area contributed by atoms with Gasteiger partial charge in [-0.3, -0.25) is 9.59 Å². The van der Waals surface area contributed by atoms with Gasteiger partial charge in [-0.05, 0) is 37.8 Å². The Morgan fingerprint density at radius 2 is 1.83 bits per heavy atom. The number of fused-ring (bicyclic) bond motifs is 1. The predicted octanol–water partition coefficient (Wildman–Crippen LogP) is 1.64. The molecule has 1 aliphatic carbocycles. The molecule has 5 nitrogen and oxygen atoms in total. The van der Waals surface area contributed by atoms with Crippen LogP contribution in [0.4, 0.5) is 0 Å². The SMILES string of the molecule is O=C1CCCN1[C@@H]1CCC[C@@H]2[C@H]1NCCN2C(=O)c1ccccc1. The average molecular weight is 327 g/mol. The number of rotatable bonds is 2. The summed E-state index contributed by atoms with van der Waals surface area (Å²) in [7, 11) is 0. The fourth-order valence-corrected chi connectivity index (χ4v) is 4.66. The van der Waals surface area contributed by atoms with Crippen LogP contribution >= 0.6 is 0 Å². The van der Waals surface area contributed by atoms with Crippen LogP contribution in [-0.4, -0.2) is 59.4 Å². The van der Waals surface area contributed by atoms with Crippen LogP contribution < -0.4 is 5.32 Å². The summed E-state index contributed by atoms with van der Waals surface area (Å²) in [5.74, 6) is 0.412. The second-order valence-corrected chi connectivity index (χ2v) is 7.10. The van der Waals surface area contributed by atoms with Crippen LogP contribution in [0.2, 0.25) is 0 Å². The first-order chi connectivity index (χ1) is 11.8. The zero-order valence-electron chi connectivity index (χ0n) is 14.0. The van der Waals surface area contributed by atoms with Crippen molar-refractivity contribution in [3.63, 3.8) is 0 Å². The van der Waals surface area contributed by atoms with E-state index >= 15 is 0 Å². The quantitative estimate of drug-likeness (QED) is 0.898. The van der Waals surface area contributed by atoms with E-state index in [1.165, 1.54) is 0 Å². The number of hydrogen-bond donors (Lipinski definition) is 1. The standard InChI is InChI=1S/C19H25N3O2/c23-17-10-5-12-21(17)15-8-4-9-16-18(15)20-11-13-22(16)19(24)14-6-2-1-3-7-14/h1-3,6-7,15-16,18,20H,4-5,8-13H2/t15-,16-,18+/m1/s1. The maximum absolute atomic E-state index is 13.0. The Bertz CT molecular complexity index is 618. The van der Waals surface area contributed by atoms with E-state index in [1.807, 2.05) is 35.2 Å². The fraction of sp³-hybridized carbons (Fsp3) is 0.579. The third-order valence-electron chi connectivity index (χ3n) is 5.75. The smallest absolute Gasteiger partial charge is 0.254 e. The number of amides is 2. The van der Waals surface area contributed by atoms with Gasteiger partial charge in [-0.15, -0.1) is 0 Å². The zero-order chi connectivity index (χ0) is 16.5. The number of carbonyl (C=O) groups excluding carboxylic acids is 2. The fourth-order valence-electron chi connectivity index (χ4n) is 4.66. The second-order valence-electron chi connectivity index (χ2n) is 7.10. The van der Waals surface area contributed by atoms with Crippen molar-refractivity contribution in [1.82, 2.24) is 15.1 Å². The molecule has 0 aromatic heterocycles. The number of likely N-dealkylation sites (tertiary alicyclic amines) is 1. The molecule has 1 N–H and O–H groups in total. The summed E-state index contributed by atoms with van der Waals surface area (Å²) < 4.78 is 0. The molecule has 3 fully saturated rings. The summed E-state index contributed by atoms with van der Waals surface area (Å²) in [6, 6.07) is 10.2. The number of nitrogens with one attached hydrogen (secondary N) is 1. The highest BCUT2D eigenvalue weighted by atomic mass is 16.2. The Kier molecular flexibility index (Phi) is 4.27. The van der Waals surface area contributed by atoms with Crippen molar-refractivity contribution in [1.29, 1.82) is 0 Å². The van der Waals surface area contributed by atoms with Gasteiger partial charge < -0.3 is 15.1 Å². The van der Waals surface area contributed by atoms with Gasteiger partial charge in [-0.1, -0.05) is 18.2 Å². The van der Waals surface area contributed by atoms with E-state index in [4.69, 9.17) is 0 Å². The summed E-state index contributed by atoms with van der Waals surface area (Å²) in [6.07, 6.45) is 4.80. The van der Waals surface area contributed by atoms with E-state index in [-0.39, 0.29) is 29.9 Å². The highest BCUT2D eigenvalue weighted by Gasteiger charge is 2.44. The Hall–Kier alpha value is -1.88. The Morgan fingerprint density at radius 3 is 2.58 bits per heavy atom. The molecule has 1 aromatic carbocycles. The number of carbonyl (C=O) groups is 2. The summed E-state index contributed by atoms with van der Waals surface area (Å²) in [5.41, 5.74) is 0.762. The molecule has 5 heteroatoms. The molecule has 1 saturated carbocycles. The van der Waals surface area contributed by atoms with Crippen LogP contribution in [-0.2, 0) is 4.79 Å². The molecule has 1 aromatic rings. The van der Waals surface area contributed by atoms with Gasteiger partial charge in [0.25, 0.3) is 5.91 Å². The molecular weight excluding hydrogens is 302 g/mol. The molecule has 2 saturated heterocycles. The van der Waals surface area contributed by atoms with Crippen LogP contribution in [0, 0.1) is 0 Å². The molecule has 2 heterocycles. The molecule has 24 heavy (non-hydrogen) atoms. The maximum atomic E-state index is 13.0. The minimum Gasteiger partial charge on any atom is -0.338 e. The van der Waals surface area contributed by atoms with Gasteiger partial charge in [-0.25, -0.2) is 0 Å². The van der Waals surface area contributed by atoms with Gasteiger partial charge in [-0.2, -0.15) is 0 Å². The van der Waals surface area contributed by atoms with Gasteiger partial charge in [0.2, 0.25) is 5.91 Å². The van der Waals surface area contributed by atoms with Gasteiger partial charge in [0.1, 0.15) is 0 Å². The van der Waals surface area contributed by atoms with Crippen molar-refractivity contribution in [3.8, 4) is 0 Å². The van der Waals surface area contributed by atoms with Gasteiger partial charge >= 0.3 is 0 Å². The molecule has 2 aliphatic heterocycles. The average Bonchev–Trinajstić information content (AvgIpc) is 3.06. The summed E-state index contributed by atoms with van der Waals surface area (Å²) >= 11 is 0. The van der Waals surface area contributed by atoms with E-state index in [1.54, 1.807) is 0 Å². The zero-order valence-corrected chi connectivity index (χ0v) is 14.0. The molecule has 0 unspecified atom stereocenters. The van der Waals surface area contributed by atoms with E-state index in [9.17, 15) is 9.59 Å². The van der Waals surface area contributed by atoms with Crippen molar-refractivity contribution >= 4 is 11.8 Å². The molecule has 128 valence electrons. The predicted molar refractivity (Wildman–Crippen MR) is 91.6 cm³/mol. The summed E-state index contributed by atoms with van der Waals surface area (Å²) in [5, 5.41) is 3.62. The minimum atomic E-state index is 0.125. The largest absolute Gasteiger partial charge is 0.338 e. The Morgan fingerprint density at radius 1 is 1.04 bits per heavy atom. The monoisotopic (exact) mass is 327 g/mol. The maximum Gasteiger partial charge on any atom is 0.254 e. The van der Waals surface area contributed by atoms with Crippen LogP contribution in [0.25, 0.3) is 0 Å². The first kappa shape index (κ1) is 15.6. The van der Waals surface area contributed by atoms with Crippen molar-refractivity contribution in [3.05, 3.63) is 35.9 Å². The summed E-state index contributed by atoms with van der Waals surface area (Å²) in [4.78, 5) is 29.3. The molecular formula is C19H25N3O2. The highest BCUT2D eigenvalue weighted by molar-refractivity contribution is 5.94. The first-order valence-electron chi connectivity index (χ1n) is 9.14. The van der Waals surface area contributed by atoms with Crippen molar-refractivity contribution in [2.24, 2.45) is 0 Å². The third kappa shape index (κ3) is 2.71. The van der Waals surface area contributed by atoms with Crippen LogP contribution in [0.3, 0.4) is 0 Å². The lowest BCUT2D eigenvalue weighted by molar-refractivity contribution is -0.131. The van der Waals surface area contributed by atoms with Crippen LogP contribution in [0.5, 0.6) is 0 Å². The van der Waals surface area contributed by atoms with Crippen molar-refractivity contribution in [2.75, 3.05) is 19.6 Å². The van der Waals surface area contributed by atoms with Gasteiger partial charge in [0.05, 0.1) is 0 Å².